The van der Waals surface area contributed by atoms with Crippen molar-refractivity contribution in [1.29, 1.82) is 0 Å². The third-order valence-corrected chi connectivity index (χ3v) is 3.70. The topological polar surface area (TPSA) is 95.9 Å². The van der Waals surface area contributed by atoms with Gasteiger partial charge in [0.15, 0.2) is 22.5 Å². The monoisotopic (exact) mass is 448 g/mol. The van der Waals surface area contributed by atoms with Crippen LogP contribution in [0.2, 0.25) is 5.15 Å². The molecule has 7 nitrogen and oxygen atoms in total. The third kappa shape index (κ3) is 5.68. The first kappa shape index (κ1) is 22.6. The maximum Gasteiger partial charge on any atom is 0.408 e. The van der Waals surface area contributed by atoms with Crippen molar-refractivity contribution < 1.29 is 35.8 Å². The van der Waals surface area contributed by atoms with E-state index in [9.17, 15) is 35.8 Å². The summed E-state index contributed by atoms with van der Waals surface area (Å²) in [5.74, 6) is -4.34. The number of anilines is 2. The highest BCUT2D eigenvalue weighted by atomic mass is 35.5. The van der Waals surface area contributed by atoms with Crippen LogP contribution in [0.25, 0.3) is 11.5 Å². The summed E-state index contributed by atoms with van der Waals surface area (Å²) in [6, 6.07) is -3.73. The van der Waals surface area contributed by atoms with Crippen LogP contribution in [0.15, 0.2) is 6.07 Å². The van der Waals surface area contributed by atoms with E-state index in [0.29, 0.717) is 6.07 Å². The van der Waals surface area contributed by atoms with Crippen LogP contribution in [0.3, 0.4) is 0 Å². The van der Waals surface area contributed by atoms with Crippen LogP contribution in [0.5, 0.6) is 5.75 Å². The summed E-state index contributed by atoms with van der Waals surface area (Å²) in [6.07, 6.45) is -9.43. The molecule has 0 aliphatic rings. The van der Waals surface area contributed by atoms with Crippen molar-refractivity contribution in [2.45, 2.75) is 38.3 Å². The molecule has 2 aromatic heterocycles. The second-order valence-electron chi connectivity index (χ2n) is 5.75. The number of hydrogen-bond donors (Lipinski definition) is 3. The van der Waals surface area contributed by atoms with Gasteiger partial charge in [0.2, 0.25) is 11.9 Å². The van der Waals surface area contributed by atoms with E-state index < -0.39 is 64.6 Å². The molecule has 2 rings (SSSR count). The first-order valence-electron chi connectivity index (χ1n) is 7.66. The third-order valence-electron chi connectivity index (χ3n) is 3.44. The Hall–Kier alpha value is -2.64. The summed E-state index contributed by atoms with van der Waals surface area (Å²) in [5.41, 5.74) is -0.460. The summed E-state index contributed by atoms with van der Waals surface area (Å²) >= 11 is 5.54. The lowest BCUT2D eigenvalue weighted by molar-refractivity contribution is -0.139. The Morgan fingerprint density at radius 1 is 0.897 bits per heavy atom. The molecule has 3 N–H and O–H groups in total. The van der Waals surface area contributed by atoms with Crippen LogP contribution in [0, 0.1) is 5.82 Å². The predicted octanol–water partition coefficient (Wildman–Crippen LogP) is 4.16. The minimum absolute atomic E-state index is 0.460. The SMILES string of the molecule is C[C@@H](Nc1nc(N[C@H](C)C(F)(F)F)nc(-c2cc(F)c(O)c(Cl)n2)n1)C(F)(F)F. The number of nitrogens with zero attached hydrogens (tertiary/aromatic N) is 4. The van der Waals surface area contributed by atoms with Crippen LogP contribution in [-0.2, 0) is 0 Å². The number of aromatic hydroxyl groups is 1. The fourth-order valence-corrected chi connectivity index (χ4v) is 1.94. The van der Waals surface area contributed by atoms with Crippen molar-refractivity contribution in [3.8, 4) is 17.3 Å². The highest BCUT2D eigenvalue weighted by molar-refractivity contribution is 6.30. The molecule has 0 saturated carbocycles. The van der Waals surface area contributed by atoms with Crippen LogP contribution in [0.4, 0.5) is 42.6 Å². The molecule has 0 aliphatic carbocycles. The largest absolute Gasteiger partial charge is 0.503 e. The lowest BCUT2D eigenvalue weighted by atomic mass is 10.3. The molecule has 29 heavy (non-hydrogen) atoms. The Bertz CT molecular complexity index is 828. The lowest BCUT2D eigenvalue weighted by Crippen LogP contribution is -2.35. The highest BCUT2D eigenvalue weighted by Gasteiger charge is 2.38. The average Bonchev–Trinajstić information content (AvgIpc) is 2.57. The number of aromatic nitrogens is 4. The normalized spacial score (nSPS) is 14.4. The summed E-state index contributed by atoms with van der Waals surface area (Å²) in [6.45, 7) is 1.45. The van der Waals surface area contributed by atoms with E-state index >= 15 is 0 Å². The summed E-state index contributed by atoms with van der Waals surface area (Å²) in [7, 11) is 0. The summed E-state index contributed by atoms with van der Waals surface area (Å²) in [4.78, 5) is 14.3. The van der Waals surface area contributed by atoms with Gasteiger partial charge in [-0.3, -0.25) is 0 Å². The van der Waals surface area contributed by atoms with Gasteiger partial charge >= 0.3 is 12.4 Å². The fraction of sp³-hybridized carbons (Fsp3) is 0.429. The summed E-state index contributed by atoms with van der Waals surface area (Å²) in [5, 5.41) is 12.3. The molecular formula is C14H12ClF7N6O. The number of hydrogen-bond acceptors (Lipinski definition) is 7. The fourth-order valence-electron chi connectivity index (χ4n) is 1.76. The van der Waals surface area contributed by atoms with Crippen molar-refractivity contribution >= 4 is 23.5 Å². The van der Waals surface area contributed by atoms with Crippen LogP contribution >= 0.6 is 11.6 Å². The van der Waals surface area contributed by atoms with Gasteiger partial charge in [-0.05, 0) is 13.8 Å². The van der Waals surface area contributed by atoms with Crippen LogP contribution < -0.4 is 10.6 Å². The Kier molecular flexibility index (Phi) is 6.25. The molecule has 0 saturated heterocycles. The number of halogens is 8. The molecule has 0 bridgehead atoms. The molecule has 0 fully saturated rings. The Labute approximate surface area is 163 Å². The van der Waals surface area contributed by atoms with E-state index in [4.69, 9.17) is 11.6 Å². The molecule has 2 atom stereocenters. The quantitative estimate of drug-likeness (QED) is 0.467. The van der Waals surface area contributed by atoms with Gasteiger partial charge in [0.1, 0.15) is 17.8 Å². The molecule has 0 aromatic carbocycles. The zero-order chi connectivity index (χ0) is 22.1. The second-order valence-corrected chi connectivity index (χ2v) is 6.11. The number of alkyl halides is 6. The predicted molar refractivity (Wildman–Crippen MR) is 88.0 cm³/mol. The molecule has 2 aromatic rings. The van der Waals surface area contributed by atoms with Gasteiger partial charge in [-0.25, -0.2) is 9.37 Å². The smallest absolute Gasteiger partial charge is 0.408 e. The minimum atomic E-state index is -4.72. The average molecular weight is 449 g/mol. The Balaban J connectivity index is 2.52. The van der Waals surface area contributed by atoms with E-state index in [1.807, 2.05) is 10.6 Å². The van der Waals surface area contributed by atoms with Crippen molar-refractivity contribution in [3.05, 3.63) is 17.0 Å². The standard InChI is InChI=1S/C14H12ClF7N6O/c1-4(13(17,18)19)23-11-26-10(7-3-6(16)8(29)9(15)25-7)27-12(28-11)24-5(2)14(20,21)22/h3-5,29H,1-2H3,(H2,23,24,26,27,28)/t4-,5-/m1/s1. The van der Waals surface area contributed by atoms with Crippen molar-refractivity contribution in [1.82, 2.24) is 19.9 Å². The molecule has 0 radical (unpaired) electrons. The number of nitrogens with one attached hydrogen (secondary N) is 2. The first-order valence-corrected chi connectivity index (χ1v) is 8.04. The maximum absolute atomic E-state index is 13.7. The first-order chi connectivity index (χ1) is 13.2. The van der Waals surface area contributed by atoms with Gasteiger partial charge in [0, 0.05) is 6.07 Å². The van der Waals surface area contributed by atoms with Crippen LogP contribution in [0.1, 0.15) is 13.8 Å². The number of rotatable bonds is 5. The molecule has 0 amide bonds. The van der Waals surface area contributed by atoms with Crippen molar-refractivity contribution in [2.24, 2.45) is 0 Å². The zero-order valence-electron chi connectivity index (χ0n) is 14.5. The molecule has 0 unspecified atom stereocenters. The maximum atomic E-state index is 13.7. The van der Waals surface area contributed by atoms with Gasteiger partial charge in [0.05, 0.1) is 0 Å². The van der Waals surface area contributed by atoms with Crippen molar-refractivity contribution in [3.63, 3.8) is 0 Å². The Morgan fingerprint density at radius 3 is 1.72 bits per heavy atom. The van der Waals surface area contributed by atoms with Gasteiger partial charge in [-0.1, -0.05) is 11.6 Å². The lowest BCUT2D eigenvalue weighted by Gasteiger charge is -2.20. The van der Waals surface area contributed by atoms with Crippen LogP contribution in [-0.4, -0.2) is 49.5 Å². The molecule has 15 heteroatoms. The Morgan fingerprint density at radius 2 is 1.34 bits per heavy atom. The molecule has 0 spiro atoms. The highest BCUT2D eigenvalue weighted by Crippen LogP contribution is 2.29. The van der Waals surface area contributed by atoms with E-state index in [-0.39, 0.29) is 0 Å². The minimum Gasteiger partial charge on any atom is -0.503 e. The molecule has 2 heterocycles. The summed E-state index contributed by atoms with van der Waals surface area (Å²) < 4.78 is 90.3. The van der Waals surface area contributed by atoms with E-state index in [0.717, 1.165) is 13.8 Å². The van der Waals surface area contributed by atoms with E-state index in [1.54, 1.807) is 0 Å². The zero-order valence-corrected chi connectivity index (χ0v) is 15.2. The molecular weight excluding hydrogens is 437 g/mol. The molecule has 0 aliphatic heterocycles. The van der Waals surface area contributed by atoms with Gasteiger partial charge in [0.25, 0.3) is 0 Å². The molecule has 160 valence electrons. The number of pyridine rings is 1. The van der Waals surface area contributed by atoms with Gasteiger partial charge in [-0.15, -0.1) is 0 Å². The second kappa shape index (κ2) is 8.00. The van der Waals surface area contributed by atoms with E-state index in [1.165, 1.54) is 0 Å². The van der Waals surface area contributed by atoms with Gasteiger partial charge in [-0.2, -0.15) is 41.3 Å². The van der Waals surface area contributed by atoms with E-state index in [2.05, 4.69) is 19.9 Å². The van der Waals surface area contributed by atoms with Gasteiger partial charge < -0.3 is 15.7 Å². The van der Waals surface area contributed by atoms with Crippen molar-refractivity contribution in [2.75, 3.05) is 10.6 Å².